The molecule has 3 nitrogen and oxygen atoms in total. The van der Waals surface area contributed by atoms with E-state index in [1.807, 2.05) is 12.3 Å². The maximum Gasteiger partial charge on any atom is 0.250 e. The summed E-state index contributed by atoms with van der Waals surface area (Å²) in [5.41, 5.74) is 2.28. The number of anilines is 1. The third-order valence-electron chi connectivity index (χ3n) is 2.76. The van der Waals surface area contributed by atoms with E-state index in [9.17, 15) is 4.79 Å². The Kier molecular flexibility index (Phi) is 3.33. The number of rotatable bonds is 3. The Hall–Kier alpha value is -1.55. The first-order chi connectivity index (χ1) is 8.08. The molecule has 1 unspecified atom stereocenters. The molecule has 0 bridgehead atoms. The van der Waals surface area contributed by atoms with Gasteiger partial charge < -0.3 is 9.88 Å². The Balaban J connectivity index is 2.18. The smallest absolute Gasteiger partial charge is 0.250 e. The van der Waals surface area contributed by atoms with Crippen LogP contribution in [0.5, 0.6) is 0 Å². The number of hydrogen-bond donors (Lipinski definition) is 1. The normalized spacial score (nSPS) is 12.4. The van der Waals surface area contributed by atoms with E-state index in [-0.39, 0.29) is 11.6 Å². The molecule has 90 valence electrons. The van der Waals surface area contributed by atoms with Gasteiger partial charge in [0.15, 0.2) is 0 Å². The minimum atomic E-state index is 0.00973. The zero-order chi connectivity index (χ0) is 12.4. The maximum absolute atomic E-state index is 11.3. The highest BCUT2D eigenvalue weighted by molar-refractivity contribution is 7.10. The summed E-state index contributed by atoms with van der Waals surface area (Å²) in [5, 5.41) is 5.50. The van der Waals surface area contributed by atoms with E-state index in [4.69, 9.17) is 0 Å². The standard InChI is InChI=1S/C13H16N2OS/c1-9-6-7-17-13(9)10(2)14-11-4-5-12(16)15(3)8-11/h4-8,10,14H,1-3H3. The number of nitrogens with zero attached hydrogens (tertiary/aromatic N) is 1. The Morgan fingerprint density at radius 3 is 2.71 bits per heavy atom. The van der Waals surface area contributed by atoms with Crippen LogP contribution in [0.15, 0.2) is 34.6 Å². The Morgan fingerprint density at radius 1 is 1.35 bits per heavy atom. The summed E-state index contributed by atoms with van der Waals surface area (Å²) in [4.78, 5) is 12.6. The van der Waals surface area contributed by atoms with Crippen molar-refractivity contribution in [2.24, 2.45) is 7.05 Å². The zero-order valence-electron chi connectivity index (χ0n) is 10.2. The van der Waals surface area contributed by atoms with Gasteiger partial charge in [-0.25, -0.2) is 0 Å². The predicted octanol–water partition coefficient (Wildman–Crippen LogP) is 2.93. The lowest BCUT2D eigenvalue weighted by atomic mass is 10.2. The van der Waals surface area contributed by atoms with E-state index in [1.54, 1.807) is 29.0 Å². The average Bonchev–Trinajstić information content (AvgIpc) is 2.70. The SMILES string of the molecule is Cc1ccsc1C(C)Nc1ccc(=O)n(C)c1. The van der Waals surface area contributed by atoms with Crippen LogP contribution in [-0.4, -0.2) is 4.57 Å². The van der Waals surface area contributed by atoms with E-state index in [0.717, 1.165) is 5.69 Å². The van der Waals surface area contributed by atoms with Gasteiger partial charge in [-0.2, -0.15) is 0 Å². The van der Waals surface area contributed by atoms with Gasteiger partial charge in [0, 0.05) is 24.2 Å². The molecular weight excluding hydrogens is 232 g/mol. The molecule has 2 rings (SSSR count). The third-order valence-corrected chi connectivity index (χ3v) is 3.97. The second-order valence-electron chi connectivity index (χ2n) is 4.20. The Labute approximate surface area is 105 Å². The number of aryl methyl sites for hydroxylation is 2. The van der Waals surface area contributed by atoms with Crippen LogP contribution in [0.1, 0.15) is 23.4 Å². The molecule has 0 aliphatic heterocycles. The molecule has 2 aromatic heterocycles. The minimum Gasteiger partial charge on any atom is -0.377 e. The average molecular weight is 248 g/mol. The molecule has 0 saturated heterocycles. The van der Waals surface area contributed by atoms with Crippen LogP contribution in [0.4, 0.5) is 5.69 Å². The number of pyridine rings is 1. The van der Waals surface area contributed by atoms with Gasteiger partial charge in [0.1, 0.15) is 0 Å². The fourth-order valence-corrected chi connectivity index (χ4v) is 2.76. The van der Waals surface area contributed by atoms with Gasteiger partial charge in [-0.3, -0.25) is 4.79 Å². The quantitative estimate of drug-likeness (QED) is 0.906. The van der Waals surface area contributed by atoms with Crippen LogP contribution in [0.2, 0.25) is 0 Å². The van der Waals surface area contributed by atoms with Gasteiger partial charge in [0.05, 0.1) is 11.7 Å². The van der Waals surface area contributed by atoms with Crippen molar-refractivity contribution in [3.05, 3.63) is 50.6 Å². The molecule has 0 amide bonds. The van der Waals surface area contributed by atoms with Gasteiger partial charge in [0.2, 0.25) is 5.56 Å². The van der Waals surface area contributed by atoms with Gasteiger partial charge >= 0.3 is 0 Å². The van der Waals surface area contributed by atoms with E-state index < -0.39 is 0 Å². The highest BCUT2D eigenvalue weighted by Crippen LogP contribution is 2.26. The molecule has 0 aliphatic rings. The van der Waals surface area contributed by atoms with Crippen molar-refractivity contribution in [3.63, 3.8) is 0 Å². The van der Waals surface area contributed by atoms with E-state index in [1.165, 1.54) is 10.4 Å². The first kappa shape index (κ1) is 11.9. The number of nitrogens with one attached hydrogen (secondary N) is 1. The molecule has 1 N–H and O–H groups in total. The second-order valence-corrected chi connectivity index (χ2v) is 5.15. The van der Waals surface area contributed by atoms with E-state index >= 15 is 0 Å². The third kappa shape index (κ3) is 2.58. The molecule has 1 atom stereocenters. The second kappa shape index (κ2) is 4.75. The lowest BCUT2D eigenvalue weighted by Crippen LogP contribution is -2.16. The summed E-state index contributed by atoms with van der Waals surface area (Å²) in [6.07, 6.45) is 1.82. The van der Waals surface area contributed by atoms with Crippen molar-refractivity contribution < 1.29 is 0 Å². The molecule has 2 aromatic rings. The monoisotopic (exact) mass is 248 g/mol. The van der Waals surface area contributed by atoms with Crippen LogP contribution in [0.25, 0.3) is 0 Å². The molecule has 0 fully saturated rings. The summed E-state index contributed by atoms with van der Waals surface area (Å²) in [7, 11) is 1.76. The lowest BCUT2D eigenvalue weighted by Gasteiger charge is -2.15. The molecule has 2 heterocycles. The summed E-state index contributed by atoms with van der Waals surface area (Å²) >= 11 is 1.75. The van der Waals surface area contributed by atoms with Gasteiger partial charge in [-0.15, -0.1) is 11.3 Å². The van der Waals surface area contributed by atoms with Crippen LogP contribution in [0.3, 0.4) is 0 Å². The van der Waals surface area contributed by atoms with Crippen molar-refractivity contribution in [1.29, 1.82) is 0 Å². The fraction of sp³-hybridized carbons (Fsp3) is 0.308. The molecule has 0 radical (unpaired) electrons. The highest BCUT2D eigenvalue weighted by atomic mass is 32.1. The summed E-state index contributed by atoms with van der Waals surface area (Å²) in [6, 6.07) is 5.78. The van der Waals surface area contributed by atoms with E-state index in [2.05, 4.69) is 30.6 Å². The maximum atomic E-state index is 11.3. The number of aromatic nitrogens is 1. The molecule has 17 heavy (non-hydrogen) atoms. The largest absolute Gasteiger partial charge is 0.377 e. The van der Waals surface area contributed by atoms with Crippen LogP contribution < -0.4 is 10.9 Å². The van der Waals surface area contributed by atoms with Crippen LogP contribution in [0, 0.1) is 6.92 Å². The molecule has 0 aliphatic carbocycles. The first-order valence-corrected chi connectivity index (χ1v) is 6.43. The minimum absolute atomic E-state index is 0.00973. The molecule has 0 spiro atoms. The fourth-order valence-electron chi connectivity index (χ4n) is 1.82. The van der Waals surface area contributed by atoms with E-state index in [0.29, 0.717) is 0 Å². The summed E-state index contributed by atoms with van der Waals surface area (Å²) in [5.74, 6) is 0. The number of hydrogen-bond acceptors (Lipinski definition) is 3. The van der Waals surface area contributed by atoms with Crippen LogP contribution in [-0.2, 0) is 7.05 Å². The number of thiophene rings is 1. The molecule has 0 saturated carbocycles. The van der Waals surface area contributed by atoms with Crippen molar-refractivity contribution in [2.45, 2.75) is 19.9 Å². The summed E-state index contributed by atoms with van der Waals surface area (Å²) < 4.78 is 1.58. The van der Waals surface area contributed by atoms with Gasteiger partial charge in [-0.05, 0) is 36.9 Å². The molecular formula is C13H16N2OS. The lowest BCUT2D eigenvalue weighted by molar-refractivity contribution is 0.844. The highest BCUT2D eigenvalue weighted by Gasteiger charge is 2.09. The van der Waals surface area contributed by atoms with Crippen molar-refractivity contribution >= 4 is 17.0 Å². The zero-order valence-corrected chi connectivity index (χ0v) is 11.0. The van der Waals surface area contributed by atoms with Gasteiger partial charge in [-0.1, -0.05) is 0 Å². The first-order valence-electron chi connectivity index (χ1n) is 5.55. The van der Waals surface area contributed by atoms with Crippen molar-refractivity contribution in [2.75, 3.05) is 5.32 Å². The Morgan fingerprint density at radius 2 is 2.12 bits per heavy atom. The topological polar surface area (TPSA) is 34.0 Å². The van der Waals surface area contributed by atoms with Crippen LogP contribution >= 0.6 is 11.3 Å². The molecule has 4 heteroatoms. The Bertz CT molecular complexity index is 571. The summed E-state index contributed by atoms with van der Waals surface area (Å²) in [6.45, 7) is 4.24. The predicted molar refractivity (Wildman–Crippen MR) is 72.8 cm³/mol. The van der Waals surface area contributed by atoms with Crippen molar-refractivity contribution in [1.82, 2.24) is 4.57 Å². The van der Waals surface area contributed by atoms with Crippen molar-refractivity contribution in [3.8, 4) is 0 Å². The molecule has 0 aromatic carbocycles. The van der Waals surface area contributed by atoms with Gasteiger partial charge in [0.25, 0.3) is 0 Å².